The molecule has 2 amide bonds. The molecule has 7 heteroatoms. The number of aryl methyl sites for hydroxylation is 1. The van der Waals surface area contributed by atoms with E-state index >= 15 is 0 Å². The molecular weight excluding hydrogens is 320 g/mol. The van der Waals surface area contributed by atoms with Crippen LogP contribution in [-0.2, 0) is 16.0 Å². The zero-order valence-electron chi connectivity index (χ0n) is 13.7. The highest BCUT2D eigenvalue weighted by molar-refractivity contribution is 6.05. The fourth-order valence-electron chi connectivity index (χ4n) is 3.45. The Hall–Kier alpha value is -2.83. The van der Waals surface area contributed by atoms with Gasteiger partial charge in [-0.25, -0.2) is 0 Å². The lowest BCUT2D eigenvalue weighted by Crippen LogP contribution is -2.32. The van der Waals surface area contributed by atoms with Crippen LogP contribution in [0.3, 0.4) is 0 Å². The van der Waals surface area contributed by atoms with E-state index in [2.05, 4.69) is 15.1 Å². The van der Waals surface area contributed by atoms with Crippen LogP contribution in [0.15, 0.2) is 41.2 Å². The van der Waals surface area contributed by atoms with Gasteiger partial charge in [-0.1, -0.05) is 17.3 Å². The molecule has 0 bridgehead atoms. The number of aromatic nitrogens is 3. The van der Waals surface area contributed by atoms with E-state index in [0.29, 0.717) is 43.9 Å². The molecule has 2 atom stereocenters. The van der Waals surface area contributed by atoms with E-state index in [4.69, 9.17) is 4.52 Å². The number of hydrogen-bond donors (Lipinski definition) is 0. The summed E-state index contributed by atoms with van der Waals surface area (Å²) in [5, 5.41) is 3.96. The Kier molecular flexibility index (Phi) is 4.13. The zero-order chi connectivity index (χ0) is 17.2. The van der Waals surface area contributed by atoms with Gasteiger partial charge < -0.3 is 4.52 Å². The standard InChI is InChI=1S/C18H18N4O3/c23-17-13-4-1-2-5-14(13)18(24)22(17)11-3-6-15-20-16(21-25-15)12-7-9-19-10-8-12/h1-2,7-10,13-14H,3-6,11H2/t13-,14-/m1/s1. The van der Waals surface area contributed by atoms with Crippen molar-refractivity contribution >= 4 is 11.8 Å². The maximum absolute atomic E-state index is 12.4. The van der Waals surface area contributed by atoms with Crippen molar-refractivity contribution in [3.63, 3.8) is 0 Å². The number of imide groups is 1. The molecule has 2 aromatic heterocycles. The van der Waals surface area contributed by atoms with Gasteiger partial charge in [-0.05, 0) is 31.4 Å². The molecule has 0 radical (unpaired) electrons. The molecule has 0 aromatic carbocycles. The minimum absolute atomic E-state index is 0.0395. The number of fused-ring (bicyclic) bond motifs is 1. The first-order valence-electron chi connectivity index (χ1n) is 8.47. The first kappa shape index (κ1) is 15.7. The van der Waals surface area contributed by atoms with Crippen LogP contribution in [0.4, 0.5) is 0 Å². The number of rotatable bonds is 5. The van der Waals surface area contributed by atoms with E-state index in [1.54, 1.807) is 12.4 Å². The van der Waals surface area contributed by atoms with Crippen molar-refractivity contribution in [2.75, 3.05) is 6.54 Å². The molecule has 7 nitrogen and oxygen atoms in total. The third kappa shape index (κ3) is 2.97. The second-order valence-electron chi connectivity index (χ2n) is 6.34. The zero-order valence-corrected chi connectivity index (χ0v) is 13.7. The predicted molar refractivity (Wildman–Crippen MR) is 87.9 cm³/mol. The summed E-state index contributed by atoms with van der Waals surface area (Å²) < 4.78 is 5.25. The Balaban J connectivity index is 1.35. The molecule has 0 unspecified atom stereocenters. The van der Waals surface area contributed by atoms with E-state index in [-0.39, 0.29) is 23.7 Å². The largest absolute Gasteiger partial charge is 0.339 e. The second-order valence-corrected chi connectivity index (χ2v) is 6.34. The average molecular weight is 338 g/mol. The SMILES string of the molecule is O=C1[C@@H]2CC=CC[C@H]2C(=O)N1CCCc1nc(-c2ccncc2)no1. The molecule has 1 fully saturated rings. The second kappa shape index (κ2) is 6.58. The molecule has 0 spiro atoms. The van der Waals surface area contributed by atoms with Gasteiger partial charge in [0.2, 0.25) is 23.5 Å². The van der Waals surface area contributed by atoms with Crippen LogP contribution in [0.2, 0.25) is 0 Å². The molecule has 0 N–H and O–H groups in total. The van der Waals surface area contributed by atoms with E-state index in [1.807, 2.05) is 24.3 Å². The summed E-state index contributed by atoms with van der Waals surface area (Å²) in [7, 11) is 0. The van der Waals surface area contributed by atoms with Crippen LogP contribution in [0.25, 0.3) is 11.4 Å². The normalized spacial score (nSPS) is 22.5. The fourth-order valence-corrected chi connectivity index (χ4v) is 3.45. The summed E-state index contributed by atoms with van der Waals surface area (Å²) in [6, 6.07) is 3.62. The van der Waals surface area contributed by atoms with Crippen LogP contribution in [0, 0.1) is 11.8 Å². The molecule has 128 valence electrons. The van der Waals surface area contributed by atoms with Gasteiger partial charge in [-0.15, -0.1) is 0 Å². The van der Waals surface area contributed by atoms with E-state index in [1.165, 1.54) is 4.90 Å². The Morgan fingerprint density at radius 1 is 1.08 bits per heavy atom. The van der Waals surface area contributed by atoms with E-state index < -0.39 is 0 Å². The summed E-state index contributed by atoms with van der Waals surface area (Å²) in [4.78, 5) is 34.5. The Morgan fingerprint density at radius 2 is 1.76 bits per heavy atom. The molecule has 1 aliphatic heterocycles. The summed E-state index contributed by atoms with van der Waals surface area (Å²) in [5.74, 6) is 0.607. The van der Waals surface area contributed by atoms with Gasteiger partial charge in [-0.3, -0.25) is 19.5 Å². The summed E-state index contributed by atoms with van der Waals surface area (Å²) in [5.41, 5.74) is 0.839. The third-order valence-electron chi connectivity index (χ3n) is 4.78. The Morgan fingerprint density at radius 3 is 2.44 bits per heavy atom. The number of nitrogens with zero attached hydrogens (tertiary/aromatic N) is 4. The van der Waals surface area contributed by atoms with Crippen LogP contribution >= 0.6 is 0 Å². The van der Waals surface area contributed by atoms with E-state index in [0.717, 1.165) is 5.56 Å². The van der Waals surface area contributed by atoms with Crippen molar-refractivity contribution in [1.29, 1.82) is 0 Å². The maximum atomic E-state index is 12.4. The lowest BCUT2D eigenvalue weighted by molar-refractivity contribution is -0.139. The molecule has 2 aromatic rings. The number of likely N-dealkylation sites (tertiary alicyclic amines) is 1. The molecule has 25 heavy (non-hydrogen) atoms. The van der Waals surface area contributed by atoms with Gasteiger partial charge in [0.05, 0.1) is 11.8 Å². The Labute approximate surface area is 144 Å². The summed E-state index contributed by atoms with van der Waals surface area (Å²) in [6.45, 7) is 0.400. The predicted octanol–water partition coefficient (Wildman–Crippen LogP) is 2.02. The molecule has 1 aliphatic carbocycles. The first-order valence-corrected chi connectivity index (χ1v) is 8.47. The number of carbonyl (C=O) groups excluding carboxylic acids is 2. The smallest absolute Gasteiger partial charge is 0.233 e. The van der Waals surface area contributed by atoms with Gasteiger partial charge in [0.15, 0.2) is 0 Å². The number of allylic oxidation sites excluding steroid dienone is 2. The Bertz CT molecular complexity index is 789. The molecule has 3 heterocycles. The van der Waals surface area contributed by atoms with Gasteiger partial charge in [0.1, 0.15) is 0 Å². The van der Waals surface area contributed by atoms with Crippen molar-refractivity contribution in [2.45, 2.75) is 25.7 Å². The minimum atomic E-state index is -0.167. The first-order chi connectivity index (χ1) is 12.2. The quantitative estimate of drug-likeness (QED) is 0.612. The summed E-state index contributed by atoms with van der Waals surface area (Å²) >= 11 is 0. The van der Waals surface area contributed by atoms with Crippen molar-refractivity contribution in [1.82, 2.24) is 20.0 Å². The van der Waals surface area contributed by atoms with Crippen molar-refractivity contribution in [3.05, 3.63) is 42.6 Å². The van der Waals surface area contributed by atoms with E-state index in [9.17, 15) is 9.59 Å². The van der Waals surface area contributed by atoms with Crippen molar-refractivity contribution in [3.8, 4) is 11.4 Å². The van der Waals surface area contributed by atoms with Gasteiger partial charge in [-0.2, -0.15) is 4.98 Å². The van der Waals surface area contributed by atoms with Gasteiger partial charge in [0.25, 0.3) is 0 Å². The summed E-state index contributed by atoms with van der Waals surface area (Å²) in [6.07, 6.45) is 9.82. The molecular formula is C18H18N4O3. The number of pyridine rings is 1. The highest BCUT2D eigenvalue weighted by Crippen LogP contribution is 2.35. The number of carbonyl (C=O) groups is 2. The van der Waals surface area contributed by atoms with Crippen molar-refractivity contribution < 1.29 is 14.1 Å². The fraction of sp³-hybridized carbons (Fsp3) is 0.389. The molecule has 4 rings (SSSR count). The average Bonchev–Trinajstić information content (AvgIpc) is 3.22. The topological polar surface area (TPSA) is 89.2 Å². The lowest BCUT2D eigenvalue weighted by Gasteiger charge is -2.14. The van der Waals surface area contributed by atoms with Crippen LogP contribution in [0.5, 0.6) is 0 Å². The molecule has 0 saturated carbocycles. The number of amides is 2. The maximum Gasteiger partial charge on any atom is 0.233 e. The molecule has 2 aliphatic rings. The molecule has 1 saturated heterocycles. The monoisotopic (exact) mass is 338 g/mol. The lowest BCUT2D eigenvalue weighted by atomic mass is 9.85. The van der Waals surface area contributed by atoms with Crippen molar-refractivity contribution in [2.24, 2.45) is 11.8 Å². The van der Waals surface area contributed by atoms with Gasteiger partial charge >= 0.3 is 0 Å². The third-order valence-corrected chi connectivity index (χ3v) is 4.78. The highest BCUT2D eigenvalue weighted by atomic mass is 16.5. The van der Waals surface area contributed by atoms with Crippen LogP contribution in [0.1, 0.15) is 25.2 Å². The van der Waals surface area contributed by atoms with Crippen LogP contribution in [-0.4, -0.2) is 38.4 Å². The minimum Gasteiger partial charge on any atom is -0.339 e. The highest BCUT2D eigenvalue weighted by Gasteiger charge is 2.46. The van der Waals surface area contributed by atoms with Crippen LogP contribution < -0.4 is 0 Å². The number of hydrogen-bond acceptors (Lipinski definition) is 6. The van der Waals surface area contributed by atoms with Gasteiger partial charge in [0, 0.05) is 30.9 Å².